The van der Waals surface area contributed by atoms with Crippen LogP contribution in [-0.2, 0) is 0 Å². The van der Waals surface area contributed by atoms with Crippen molar-refractivity contribution >= 4 is 0 Å². The summed E-state index contributed by atoms with van der Waals surface area (Å²) in [7, 11) is 0. The highest BCUT2D eigenvalue weighted by molar-refractivity contribution is 4.87. The third kappa shape index (κ3) is 3.14. The van der Waals surface area contributed by atoms with E-state index in [1.807, 2.05) is 6.92 Å². The molecule has 0 aliphatic rings. The summed E-state index contributed by atoms with van der Waals surface area (Å²) in [5.74, 6) is 0. The zero-order valence-electron chi connectivity index (χ0n) is 6.35. The first-order valence-corrected chi connectivity index (χ1v) is 3.32. The van der Waals surface area contributed by atoms with Crippen molar-refractivity contribution in [2.45, 2.75) is 13.8 Å². The molecule has 0 radical (unpaired) electrons. The molecule has 0 aromatic carbocycles. The number of rotatable bonds is 4. The van der Waals surface area contributed by atoms with Crippen LogP contribution in [-0.4, -0.2) is 24.5 Å². The first kappa shape index (κ1) is 8.50. The van der Waals surface area contributed by atoms with E-state index in [4.69, 9.17) is 5.73 Å². The molecule has 2 heteroatoms. The van der Waals surface area contributed by atoms with Gasteiger partial charge >= 0.3 is 0 Å². The quantitative estimate of drug-likeness (QED) is 0.607. The van der Waals surface area contributed by atoms with Crippen LogP contribution in [0.2, 0.25) is 0 Å². The Kier molecular flexibility index (Phi) is 4.14. The van der Waals surface area contributed by atoms with E-state index in [1.54, 1.807) is 0 Å². The van der Waals surface area contributed by atoms with E-state index in [9.17, 15) is 0 Å². The van der Waals surface area contributed by atoms with Crippen molar-refractivity contribution in [2.75, 3.05) is 19.6 Å². The van der Waals surface area contributed by atoms with Crippen molar-refractivity contribution in [1.82, 2.24) is 4.90 Å². The highest BCUT2D eigenvalue weighted by Crippen LogP contribution is 1.96. The second-order valence-corrected chi connectivity index (χ2v) is 2.10. The molecule has 0 aliphatic heterocycles. The van der Waals surface area contributed by atoms with E-state index >= 15 is 0 Å². The molecule has 0 rings (SSSR count). The molecule has 0 saturated carbocycles. The van der Waals surface area contributed by atoms with Gasteiger partial charge in [0.05, 0.1) is 0 Å². The van der Waals surface area contributed by atoms with Gasteiger partial charge in [-0.1, -0.05) is 6.58 Å². The Hall–Kier alpha value is -0.500. The fourth-order valence-corrected chi connectivity index (χ4v) is 0.775. The lowest BCUT2D eigenvalue weighted by atomic mass is 10.4. The van der Waals surface area contributed by atoms with Crippen LogP contribution in [0, 0.1) is 0 Å². The molecular formula is C7H16N2. The Labute approximate surface area is 57.3 Å². The van der Waals surface area contributed by atoms with Crippen LogP contribution in [0.4, 0.5) is 0 Å². The number of hydrogen-bond acceptors (Lipinski definition) is 2. The average molecular weight is 128 g/mol. The molecule has 0 heterocycles. The van der Waals surface area contributed by atoms with Gasteiger partial charge in [-0.05, 0) is 13.8 Å². The standard InChI is InChI=1S/C7H16N2/c1-4-9(6-5-8)7(2)3/h2,4-6,8H2,1,3H3. The van der Waals surface area contributed by atoms with Crippen molar-refractivity contribution < 1.29 is 0 Å². The fraction of sp³-hybridized carbons (Fsp3) is 0.714. The Bertz CT molecular complexity index is 88.9. The van der Waals surface area contributed by atoms with Gasteiger partial charge in [0, 0.05) is 25.3 Å². The van der Waals surface area contributed by atoms with Gasteiger partial charge in [0.15, 0.2) is 0 Å². The number of likely N-dealkylation sites (N-methyl/N-ethyl adjacent to an activating group) is 1. The monoisotopic (exact) mass is 128 g/mol. The van der Waals surface area contributed by atoms with Crippen LogP contribution in [0.1, 0.15) is 13.8 Å². The molecule has 0 fully saturated rings. The zero-order chi connectivity index (χ0) is 7.28. The molecule has 0 saturated heterocycles. The second kappa shape index (κ2) is 4.39. The van der Waals surface area contributed by atoms with Gasteiger partial charge < -0.3 is 10.6 Å². The number of hydrogen-bond donors (Lipinski definition) is 1. The minimum absolute atomic E-state index is 0.709. The lowest BCUT2D eigenvalue weighted by molar-refractivity contribution is 0.374. The summed E-state index contributed by atoms with van der Waals surface area (Å²) in [5, 5.41) is 0. The SMILES string of the molecule is C=C(C)N(CC)CCN. The van der Waals surface area contributed by atoms with Gasteiger partial charge in [-0.3, -0.25) is 0 Å². The molecular weight excluding hydrogens is 112 g/mol. The van der Waals surface area contributed by atoms with Gasteiger partial charge in [0.1, 0.15) is 0 Å². The maximum absolute atomic E-state index is 5.36. The molecule has 54 valence electrons. The summed E-state index contributed by atoms with van der Waals surface area (Å²) in [5.41, 5.74) is 6.46. The van der Waals surface area contributed by atoms with Crippen molar-refractivity contribution in [3.05, 3.63) is 12.3 Å². The largest absolute Gasteiger partial charge is 0.375 e. The molecule has 0 aromatic heterocycles. The third-order valence-corrected chi connectivity index (χ3v) is 1.32. The van der Waals surface area contributed by atoms with Gasteiger partial charge in [-0.2, -0.15) is 0 Å². The van der Waals surface area contributed by atoms with Crippen molar-refractivity contribution in [3.63, 3.8) is 0 Å². The minimum atomic E-state index is 0.709. The van der Waals surface area contributed by atoms with E-state index in [2.05, 4.69) is 18.4 Å². The van der Waals surface area contributed by atoms with Gasteiger partial charge in [0.2, 0.25) is 0 Å². The van der Waals surface area contributed by atoms with Crippen LogP contribution in [0.3, 0.4) is 0 Å². The molecule has 0 aliphatic carbocycles. The number of nitrogens with zero attached hydrogens (tertiary/aromatic N) is 1. The van der Waals surface area contributed by atoms with Crippen LogP contribution < -0.4 is 5.73 Å². The van der Waals surface area contributed by atoms with Crippen molar-refractivity contribution in [3.8, 4) is 0 Å². The summed E-state index contributed by atoms with van der Waals surface area (Å²) in [6.45, 7) is 10.6. The first-order chi connectivity index (χ1) is 4.22. The predicted molar refractivity (Wildman–Crippen MR) is 41.1 cm³/mol. The van der Waals surface area contributed by atoms with E-state index in [0.717, 1.165) is 18.8 Å². The van der Waals surface area contributed by atoms with Crippen LogP contribution >= 0.6 is 0 Å². The normalized spacial score (nSPS) is 9.22. The highest BCUT2D eigenvalue weighted by Gasteiger charge is 1.96. The van der Waals surface area contributed by atoms with Crippen LogP contribution in [0.15, 0.2) is 12.3 Å². The molecule has 0 aromatic rings. The topological polar surface area (TPSA) is 29.3 Å². The molecule has 0 unspecified atom stereocenters. The summed E-state index contributed by atoms with van der Waals surface area (Å²) >= 11 is 0. The molecule has 9 heavy (non-hydrogen) atoms. The van der Waals surface area contributed by atoms with E-state index in [1.165, 1.54) is 0 Å². The second-order valence-electron chi connectivity index (χ2n) is 2.10. The van der Waals surface area contributed by atoms with Crippen molar-refractivity contribution in [1.29, 1.82) is 0 Å². The number of nitrogens with two attached hydrogens (primary N) is 1. The molecule has 2 N–H and O–H groups in total. The Morgan fingerprint density at radius 1 is 1.67 bits per heavy atom. The van der Waals surface area contributed by atoms with Gasteiger partial charge in [-0.25, -0.2) is 0 Å². The molecule has 2 nitrogen and oxygen atoms in total. The lowest BCUT2D eigenvalue weighted by Gasteiger charge is -2.21. The van der Waals surface area contributed by atoms with E-state index in [0.29, 0.717) is 6.54 Å². The highest BCUT2D eigenvalue weighted by atomic mass is 15.1. The zero-order valence-corrected chi connectivity index (χ0v) is 6.35. The van der Waals surface area contributed by atoms with Gasteiger partial charge in [0.25, 0.3) is 0 Å². The molecule has 0 amide bonds. The maximum Gasteiger partial charge on any atom is 0.0297 e. The molecule has 0 atom stereocenters. The fourth-order valence-electron chi connectivity index (χ4n) is 0.775. The predicted octanol–water partition coefficient (Wildman–Crippen LogP) is 0.801. The van der Waals surface area contributed by atoms with E-state index < -0.39 is 0 Å². The van der Waals surface area contributed by atoms with E-state index in [-0.39, 0.29) is 0 Å². The third-order valence-electron chi connectivity index (χ3n) is 1.32. The minimum Gasteiger partial charge on any atom is -0.375 e. The maximum atomic E-state index is 5.36. The van der Waals surface area contributed by atoms with Crippen molar-refractivity contribution in [2.24, 2.45) is 5.73 Å². The average Bonchev–Trinajstić information content (AvgIpc) is 1.82. The molecule has 0 spiro atoms. The summed E-state index contributed by atoms with van der Waals surface area (Å²) in [6, 6.07) is 0. The summed E-state index contributed by atoms with van der Waals surface area (Å²) < 4.78 is 0. The summed E-state index contributed by atoms with van der Waals surface area (Å²) in [4.78, 5) is 2.15. The molecule has 0 bridgehead atoms. The summed E-state index contributed by atoms with van der Waals surface area (Å²) in [6.07, 6.45) is 0. The van der Waals surface area contributed by atoms with Crippen LogP contribution in [0.5, 0.6) is 0 Å². The Balaban J connectivity index is 3.54. The lowest BCUT2D eigenvalue weighted by Crippen LogP contribution is -2.27. The Morgan fingerprint density at radius 3 is 2.33 bits per heavy atom. The first-order valence-electron chi connectivity index (χ1n) is 3.32. The Morgan fingerprint density at radius 2 is 2.22 bits per heavy atom. The van der Waals surface area contributed by atoms with Gasteiger partial charge in [-0.15, -0.1) is 0 Å². The van der Waals surface area contributed by atoms with Crippen LogP contribution in [0.25, 0.3) is 0 Å². The smallest absolute Gasteiger partial charge is 0.0297 e. The number of allylic oxidation sites excluding steroid dienone is 1.